The number of anilines is 1. The molecule has 0 atom stereocenters. The molecule has 0 unspecified atom stereocenters. The van der Waals surface area contributed by atoms with Crippen LogP contribution in [0.3, 0.4) is 0 Å². The van der Waals surface area contributed by atoms with Gasteiger partial charge >= 0.3 is 0 Å². The Morgan fingerprint density at radius 2 is 2.17 bits per heavy atom. The number of hydrogen-bond acceptors (Lipinski definition) is 5. The number of rotatable bonds is 3. The van der Waals surface area contributed by atoms with Crippen molar-refractivity contribution in [2.24, 2.45) is 7.05 Å². The number of fused-ring (bicyclic) bond motifs is 2. The zero-order chi connectivity index (χ0) is 16.7. The van der Waals surface area contributed by atoms with Crippen molar-refractivity contribution in [1.82, 2.24) is 9.55 Å². The van der Waals surface area contributed by atoms with E-state index in [0.717, 1.165) is 23.5 Å². The van der Waals surface area contributed by atoms with Gasteiger partial charge in [-0.25, -0.2) is 4.98 Å². The Morgan fingerprint density at radius 3 is 3.04 bits per heavy atom. The first-order valence-corrected chi connectivity index (χ1v) is 9.47. The van der Waals surface area contributed by atoms with Crippen LogP contribution in [0.4, 0.5) is 5.69 Å². The van der Waals surface area contributed by atoms with Gasteiger partial charge in [-0.1, -0.05) is 30.0 Å². The Hall–Kier alpha value is -2.12. The lowest BCUT2D eigenvalue weighted by atomic mass is 10.2. The van der Waals surface area contributed by atoms with Gasteiger partial charge in [0.25, 0.3) is 5.56 Å². The van der Waals surface area contributed by atoms with Crippen LogP contribution in [-0.4, -0.2) is 27.8 Å². The van der Waals surface area contributed by atoms with Gasteiger partial charge in [-0.2, -0.15) is 0 Å². The molecule has 1 aliphatic rings. The van der Waals surface area contributed by atoms with Crippen molar-refractivity contribution in [1.29, 1.82) is 0 Å². The molecular formula is C17H15N3O2S2. The molecule has 3 heterocycles. The summed E-state index contributed by atoms with van der Waals surface area (Å²) in [6, 6.07) is 9.78. The van der Waals surface area contributed by atoms with Crippen molar-refractivity contribution in [2.75, 3.05) is 17.2 Å². The molecule has 1 aliphatic heterocycles. The highest BCUT2D eigenvalue weighted by atomic mass is 32.2. The normalized spacial score (nSPS) is 13.5. The number of amides is 1. The van der Waals surface area contributed by atoms with E-state index in [4.69, 9.17) is 0 Å². The third kappa shape index (κ3) is 2.53. The summed E-state index contributed by atoms with van der Waals surface area (Å²) in [4.78, 5) is 31.9. The Morgan fingerprint density at radius 1 is 1.33 bits per heavy atom. The number of thiophene rings is 1. The fourth-order valence-electron chi connectivity index (χ4n) is 2.91. The quantitative estimate of drug-likeness (QED) is 0.534. The second kappa shape index (κ2) is 6.07. The topological polar surface area (TPSA) is 55.2 Å². The van der Waals surface area contributed by atoms with Crippen LogP contribution in [0.1, 0.15) is 5.56 Å². The summed E-state index contributed by atoms with van der Waals surface area (Å²) in [6.07, 6.45) is 0.893. The molecule has 0 radical (unpaired) electrons. The van der Waals surface area contributed by atoms with Crippen LogP contribution in [0, 0.1) is 0 Å². The van der Waals surface area contributed by atoms with Gasteiger partial charge < -0.3 is 4.90 Å². The number of thioether (sulfide) groups is 1. The molecule has 24 heavy (non-hydrogen) atoms. The summed E-state index contributed by atoms with van der Waals surface area (Å²) >= 11 is 2.76. The average molecular weight is 357 g/mol. The van der Waals surface area contributed by atoms with E-state index in [-0.39, 0.29) is 17.2 Å². The Balaban J connectivity index is 1.54. The second-order valence-corrected chi connectivity index (χ2v) is 7.45. The van der Waals surface area contributed by atoms with Crippen LogP contribution in [0.25, 0.3) is 10.2 Å². The summed E-state index contributed by atoms with van der Waals surface area (Å²) < 4.78 is 1.52. The zero-order valence-corrected chi connectivity index (χ0v) is 14.7. The SMILES string of the molecule is Cn1c(SCC(=O)N2CCc3ccccc32)nc2sccc2c1=O. The number of carbonyl (C=O) groups excluding carboxylic acids is 1. The minimum atomic E-state index is -0.0669. The lowest BCUT2D eigenvalue weighted by molar-refractivity contribution is -0.116. The van der Waals surface area contributed by atoms with Gasteiger partial charge in [-0.3, -0.25) is 14.2 Å². The maximum Gasteiger partial charge on any atom is 0.262 e. The maximum atomic E-state index is 12.6. The molecule has 5 nitrogen and oxygen atoms in total. The summed E-state index contributed by atoms with van der Waals surface area (Å²) in [6.45, 7) is 0.717. The average Bonchev–Trinajstić information content (AvgIpc) is 3.23. The van der Waals surface area contributed by atoms with Gasteiger partial charge in [-0.05, 0) is 29.5 Å². The molecule has 0 saturated heterocycles. The van der Waals surface area contributed by atoms with Crippen molar-refractivity contribution in [3.05, 3.63) is 51.6 Å². The standard InChI is InChI=1S/C17H15N3O2S2/c1-19-16(22)12-7-9-23-15(12)18-17(19)24-10-14(21)20-8-6-11-4-2-3-5-13(11)20/h2-5,7,9H,6,8,10H2,1H3. The van der Waals surface area contributed by atoms with E-state index in [1.54, 1.807) is 13.1 Å². The van der Waals surface area contributed by atoms with Crippen LogP contribution in [0.2, 0.25) is 0 Å². The molecular weight excluding hydrogens is 342 g/mol. The summed E-state index contributed by atoms with van der Waals surface area (Å²) in [7, 11) is 1.70. The molecule has 2 aromatic heterocycles. The first-order chi connectivity index (χ1) is 11.6. The van der Waals surface area contributed by atoms with Crippen LogP contribution in [-0.2, 0) is 18.3 Å². The molecule has 1 aromatic carbocycles. The predicted octanol–water partition coefficient (Wildman–Crippen LogP) is 2.68. The molecule has 0 spiro atoms. The predicted molar refractivity (Wildman–Crippen MR) is 98.1 cm³/mol. The highest BCUT2D eigenvalue weighted by Gasteiger charge is 2.24. The number of aromatic nitrogens is 2. The van der Waals surface area contributed by atoms with E-state index < -0.39 is 0 Å². The van der Waals surface area contributed by atoms with Crippen molar-refractivity contribution in [2.45, 2.75) is 11.6 Å². The molecule has 0 saturated carbocycles. The lowest BCUT2D eigenvalue weighted by Crippen LogP contribution is -2.30. The molecule has 0 aliphatic carbocycles. The van der Waals surface area contributed by atoms with Crippen LogP contribution in [0.5, 0.6) is 0 Å². The van der Waals surface area contributed by atoms with Gasteiger partial charge in [0.1, 0.15) is 4.83 Å². The molecule has 1 amide bonds. The van der Waals surface area contributed by atoms with Crippen molar-refractivity contribution in [3.63, 3.8) is 0 Å². The fourth-order valence-corrected chi connectivity index (χ4v) is 4.56. The number of nitrogens with zero attached hydrogens (tertiary/aromatic N) is 3. The number of carbonyl (C=O) groups is 1. The van der Waals surface area contributed by atoms with Gasteiger partial charge in [-0.15, -0.1) is 11.3 Å². The Kier molecular flexibility index (Phi) is 3.90. The van der Waals surface area contributed by atoms with Gasteiger partial charge in [0.05, 0.1) is 11.1 Å². The summed E-state index contributed by atoms with van der Waals surface area (Å²) in [5, 5.41) is 3.07. The largest absolute Gasteiger partial charge is 0.311 e. The van der Waals surface area contributed by atoms with Crippen molar-refractivity contribution < 1.29 is 4.79 Å². The molecule has 122 valence electrons. The first-order valence-electron chi connectivity index (χ1n) is 7.60. The molecule has 0 N–H and O–H groups in total. The lowest BCUT2D eigenvalue weighted by Gasteiger charge is -2.17. The fraction of sp³-hybridized carbons (Fsp3) is 0.235. The van der Waals surface area contributed by atoms with E-state index in [9.17, 15) is 9.59 Å². The van der Waals surface area contributed by atoms with Gasteiger partial charge in [0.15, 0.2) is 5.16 Å². The van der Waals surface area contributed by atoms with Crippen LogP contribution in [0.15, 0.2) is 45.7 Å². The monoisotopic (exact) mass is 357 g/mol. The van der Waals surface area contributed by atoms with Crippen LogP contribution < -0.4 is 10.5 Å². The van der Waals surface area contributed by atoms with E-state index in [1.165, 1.54) is 33.2 Å². The molecule has 0 bridgehead atoms. The highest BCUT2D eigenvalue weighted by Crippen LogP contribution is 2.28. The van der Waals surface area contributed by atoms with E-state index >= 15 is 0 Å². The molecule has 7 heteroatoms. The van der Waals surface area contributed by atoms with Gasteiger partial charge in [0.2, 0.25) is 5.91 Å². The van der Waals surface area contributed by atoms with E-state index in [1.807, 2.05) is 28.5 Å². The number of para-hydroxylation sites is 1. The van der Waals surface area contributed by atoms with Gasteiger partial charge in [0, 0.05) is 19.3 Å². The second-order valence-electron chi connectivity index (χ2n) is 5.61. The maximum absolute atomic E-state index is 12.6. The minimum Gasteiger partial charge on any atom is -0.311 e. The number of hydrogen-bond donors (Lipinski definition) is 0. The first kappa shape index (κ1) is 15.4. The highest BCUT2D eigenvalue weighted by molar-refractivity contribution is 7.99. The molecule has 4 rings (SSSR count). The van der Waals surface area contributed by atoms with Crippen molar-refractivity contribution in [3.8, 4) is 0 Å². The zero-order valence-electron chi connectivity index (χ0n) is 13.1. The Bertz CT molecular complexity index is 993. The third-order valence-electron chi connectivity index (χ3n) is 4.18. The minimum absolute atomic E-state index is 0.0467. The third-order valence-corrected chi connectivity index (χ3v) is 6.00. The molecule has 0 fully saturated rings. The summed E-state index contributed by atoms with van der Waals surface area (Å²) in [5.74, 6) is 0.316. The molecule has 3 aromatic rings. The van der Waals surface area contributed by atoms with E-state index in [0.29, 0.717) is 10.5 Å². The number of benzene rings is 1. The smallest absolute Gasteiger partial charge is 0.262 e. The summed E-state index contributed by atoms with van der Waals surface area (Å²) in [5.41, 5.74) is 2.14. The Labute approximate surface area is 146 Å². The van der Waals surface area contributed by atoms with Crippen LogP contribution >= 0.6 is 23.1 Å². The van der Waals surface area contributed by atoms with E-state index in [2.05, 4.69) is 11.1 Å². The van der Waals surface area contributed by atoms with Crippen molar-refractivity contribution >= 4 is 44.9 Å².